The Bertz CT molecular complexity index is 1030. The number of ether oxygens (including phenoxy) is 2. The summed E-state index contributed by atoms with van der Waals surface area (Å²) in [7, 11) is 0. The van der Waals surface area contributed by atoms with E-state index in [-0.39, 0.29) is 0 Å². The van der Waals surface area contributed by atoms with Crippen molar-refractivity contribution in [1.29, 1.82) is 0 Å². The zero-order chi connectivity index (χ0) is 19.4. The Balaban J connectivity index is 1.51. The number of rotatable bonds is 3. The highest BCUT2D eigenvalue weighted by Gasteiger charge is 2.31. The Morgan fingerprint density at radius 2 is 2.07 bits per heavy atom. The molecule has 3 aliphatic heterocycles. The molecule has 0 unspecified atom stereocenters. The summed E-state index contributed by atoms with van der Waals surface area (Å²) < 4.78 is 13.0. The summed E-state index contributed by atoms with van der Waals surface area (Å²) in [6.45, 7) is 8.04. The predicted octanol–water partition coefficient (Wildman–Crippen LogP) is 1.13. The summed E-state index contributed by atoms with van der Waals surface area (Å²) in [5.74, 6) is 1.77. The Labute approximate surface area is 168 Å². The molecule has 0 aromatic carbocycles. The first-order valence-corrected chi connectivity index (χ1v) is 10.4. The number of nitrogens with one attached hydrogen (secondary N) is 1. The molecule has 1 atom stereocenters. The Hall–Kier alpha value is -2.49. The number of H-pyrrole nitrogens is 1. The van der Waals surface area contributed by atoms with Crippen molar-refractivity contribution >= 4 is 16.9 Å². The predicted molar refractivity (Wildman–Crippen MR) is 107 cm³/mol. The second kappa shape index (κ2) is 6.79. The minimum absolute atomic E-state index is 0.295. The van der Waals surface area contributed by atoms with E-state index < -0.39 is 0 Å². The van der Waals surface area contributed by atoms with Crippen LogP contribution in [0.4, 0.5) is 5.82 Å². The molecule has 0 spiro atoms. The van der Waals surface area contributed by atoms with Crippen molar-refractivity contribution < 1.29 is 9.47 Å². The van der Waals surface area contributed by atoms with Gasteiger partial charge in [-0.25, -0.2) is 4.98 Å². The number of aromatic amines is 1. The number of anilines is 1. The lowest BCUT2D eigenvalue weighted by Gasteiger charge is -2.37. The molecule has 9 heteroatoms. The lowest BCUT2D eigenvalue weighted by Crippen LogP contribution is -2.49. The molecular weight excluding hydrogens is 370 g/mol. The van der Waals surface area contributed by atoms with Crippen LogP contribution in [-0.4, -0.2) is 81.5 Å². The molecular formula is C20H25N7O2. The molecule has 0 saturated carbocycles. The summed E-state index contributed by atoms with van der Waals surface area (Å²) in [5.41, 5.74) is 3.30. The van der Waals surface area contributed by atoms with Gasteiger partial charge < -0.3 is 14.4 Å². The van der Waals surface area contributed by atoms with E-state index in [2.05, 4.69) is 33.0 Å². The van der Waals surface area contributed by atoms with Crippen molar-refractivity contribution in [3.8, 4) is 5.82 Å². The number of pyridine rings is 1. The molecule has 3 aliphatic rings. The van der Waals surface area contributed by atoms with Gasteiger partial charge in [-0.2, -0.15) is 14.9 Å². The second-order valence-corrected chi connectivity index (χ2v) is 8.16. The minimum Gasteiger partial charge on any atom is -0.378 e. The highest BCUT2D eigenvalue weighted by molar-refractivity contribution is 5.85. The van der Waals surface area contributed by atoms with Crippen LogP contribution in [-0.2, 0) is 22.4 Å². The van der Waals surface area contributed by atoms with E-state index in [1.165, 1.54) is 10.9 Å². The SMILES string of the molecule is C[C@@H]1COCCN1c1cc2c3c(nn(-c4cc[nH]n4)c3n1)CCN(C1COC1)C2. The van der Waals surface area contributed by atoms with Crippen molar-refractivity contribution in [3.63, 3.8) is 0 Å². The maximum Gasteiger partial charge on any atom is 0.177 e. The minimum atomic E-state index is 0.295. The zero-order valence-electron chi connectivity index (χ0n) is 16.5. The fraction of sp³-hybridized carbons (Fsp3) is 0.550. The fourth-order valence-electron chi connectivity index (χ4n) is 4.59. The molecule has 9 nitrogen and oxygen atoms in total. The van der Waals surface area contributed by atoms with Crippen LogP contribution in [0.2, 0.25) is 0 Å². The Morgan fingerprint density at radius 3 is 2.83 bits per heavy atom. The Kier molecular flexibility index (Phi) is 4.07. The quantitative estimate of drug-likeness (QED) is 0.712. The smallest absolute Gasteiger partial charge is 0.177 e. The van der Waals surface area contributed by atoms with E-state index in [9.17, 15) is 0 Å². The molecule has 0 amide bonds. The van der Waals surface area contributed by atoms with Crippen molar-refractivity contribution in [2.45, 2.75) is 32.0 Å². The van der Waals surface area contributed by atoms with E-state index in [4.69, 9.17) is 19.6 Å². The monoisotopic (exact) mass is 395 g/mol. The third-order valence-corrected chi connectivity index (χ3v) is 6.29. The molecule has 0 aliphatic carbocycles. The Morgan fingerprint density at radius 1 is 1.14 bits per heavy atom. The number of hydrogen-bond donors (Lipinski definition) is 1. The van der Waals surface area contributed by atoms with Crippen molar-refractivity contribution in [2.75, 3.05) is 44.4 Å². The third kappa shape index (κ3) is 2.84. The van der Waals surface area contributed by atoms with Crippen molar-refractivity contribution in [3.05, 3.63) is 29.6 Å². The van der Waals surface area contributed by atoms with Gasteiger partial charge in [0.15, 0.2) is 11.5 Å². The molecule has 29 heavy (non-hydrogen) atoms. The van der Waals surface area contributed by atoms with Crippen LogP contribution in [0.15, 0.2) is 18.3 Å². The summed E-state index contributed by atoms with van der Waals surface area (Å²) in [6.07, 6.45) is 2.73. The standard InChI is InChI=1S/C20H25N7O2/c1-13-10-28-7-6-26(13)18-8-14-9-25(15-11-29-12-15)5-3-16-19(14)20(22-18)27(24-16)17-2-4-21-23-17/h2,4,8,13,15H,3,5-7,9-12H2,1H3,(H,21,23)/t13-/m1/s1. The molecule has 2 fully saturated rings. The van der Waals surface area contributed by atoms with Gasteiger partial charge in [-0.05, 0) is 18.6 Å². The van der Waals surface area contributed by atoms with Gasteiger partial charge in [-0.1, -0.05) is 0 Å². The average Bonchev–Trinajstić information content (AvgIpc) is 3.29. The molecule has 0 bridgehead atoms. The van der Waals surface area contributed by atoms with Crippen molar-refractivity contribution in [2.24, 2.45) is 0 Å². The number of aromatic nitrogens is 5. The van der Waals surface area contributed by atoms with Crippen molar-refractivity contribution in [1.82, 2.24) is 29.9 Å². The van der Waals surface area contributed by atoms with Crippen LogP contribution in [0.25, 0.3) is 16.9 Å². The zero-order valence-corrected chi connectivity index (χ0v) is 16.5. The maximum absolute atomic E-state index is 5.64. The molecule has 152 valence electrons. The summed E-state index contributed by atoms with van der Waals surface area (Å²) in [5, 5.41) is 13.4. The van der Waals surface area contributed by atoms with Gasteiger partial charge in [-0.15, -0.1) is 0 Å². The average molecular weight is 395 g/mol. The highest BCUT2D eigenvalue weighted by atomic mass is 16.5. The van der Waals surface area contributed by atoms with Gasteiger partial charge in [0.2, 0.25) is 0 Å². The first-order chi connectivity index (χ1) is 14.3. The van der Waals surface area contributed by atoms with Crippen LogP contribution in [0, 0.1) is 0 Å². The second-order valence-electron chi connectivity index (χ2n) is 8.16. The van der Waals surface area contributed by atoms with E-state index in [1.807, 2.05) is 16.9 Å². The van der Waals surface area contributed by atoms with E-state index >= 15 is 0 Å². The number of hydrogen-bond acceptors (Lipinski definition) is 7. The largest absolute Gasteiger partial charge is 0.378 e. The van der Waals surface area contributed by atoms with Gasteiger partial charge in [0.25, 0.3) is 0 Å². The van der Waals surface area contributed by atoms with Crippen LogP contribution < -0.4 is 4.90 Å². The number of nitrogens with zero attached hydrogens (tertiary/aromatic N) is 6. The van der Waals surface area contributed by atoms with Gasteiger partial charge in [-0.3, -0.25) is 10.00 Å². The lowest BCUT2D eigenvalue weighted by molar-refractivity contribution is -0.0671. The first kappa shape index (κ1) is 17.4. The molecule has 1 N–H and O–H groups in total. The summed E-state index contributed by atoms with van der Waals surface area (Å²) in [4.78, 5) is 9.97. The van der Waals surface area contributed by atoms with Gasteiger partial charge in [0.05, 0.1) is 44.2 Å². The van der Waals surface area contributed by atoms with Crippen LogP contribution in [0.5, 0.6) is 0 Å². The topological polar surface area (TPSA) is 84.3 Å². The lowest BCUT2D eigenvalue weighted by atomic mass is 10.1. The summed E-state index contributed by atoms with van der Waals surface area (Å²) >= 11 is 0. The molecule has 3 aromatic heterocycles. The fourth-order valence-corrected chi connectivity index (χ4v) is 4.59. The molecule has 2 saturated heterocycles. The van der Waals surface area contributed by atoms with Crippen LogP contribution >= 0.6 is 0 Å². The van der Waals surface area contributed by atoms with Gasteiger partial charge in [0, 0.05) is 43.7 Å². The highest BCUT2D eigenvalue weighted by Crippen LogP contribution is 2.33. The summed E-state index contributed by atoms with van der Waals surface area (Å²) in [6, 6.07) is 5.00. The number of morpholine rings is 1. The third-order valence-electron chi connectivity index (χ3n) is 6.29. The molecule has 0 radical (unpaired) electrons. The normalized spacial score (nSPS) is 23.3. The van der Waals surface area contributed by atoms with E-state index in [0.717, 1.165) is 75.5 Å². The van der Waals surface area contributed by atoms with E-state index in [0.29, 0.717) is 12.1 Å². The molecule has 3 aromatic rings. The maximum atomic E-state index is 5.64. The van der Waals surface area contributed by atoms with Crippen LogP contribution in [0.1, 0.15) is 18.2 Å². The van der Waals surface area contributed by atoms with Crippen LogP contribution in [0.3, 0.4) is 0 Å². The van der Waals surface area contributed by atoms with Gasteiger partial charge >= 0.3 is 0 Å². The molecule has 6 rings (SSSR count). The van der Waals surface area contributed by atoms with Gasteiger partial charge in [0.1, 0.15) is 5.82 Å². The van der Waals surface area contributed by atoms with E-state index in [1.54, 1.807) is 0 Å². The first-order valence-electron chi connectivity index (χ1n) is 10.4. The molecule has 6 heterocycles.